The molecule has 1 aromatic carbocycles. The minimum Gasteiger partial charge on any atom is -0.487 e. The first kappa shape index (κ1) is 18.4. The lowest BCUT2D eigenvalue weighted by atomic mass is 9.92. The zero-order chi connectivity index (χ0) is 18.2. The summed E-state index contributed by atoms with van der Waals surface area (Å²) in [5.41, 5.74) is 0.962. The van der Waals surface area contributed by atoms with Crippen molar-refractivity contribution in [3.05, 3.63) is 65.0 Å². The number of hydrogen-bond donors (Lipinski definition) is 0. The van der Waals surface area contributed by atoms with Crippen LogP contribution in [0.2, 0.25) is 0 Å². The number of esters is 1. The van der Waals surface area contributed by atoms with E-state index >= 15 is 0 Å². The maximum atomic E-state index is 12.8. The predicted octanol–water partition coefficient (Wildman–Crippen LogP) is 3.27. The number of benzene rings is 1. The molecule has 0 atom stereocenters. The van der Waals surface area contributed by atoms with Crippen LogP contribution in [0, 0.1) is 0 Å². The van der Waals surface area contributed by atoms with Crippen molar-refractivity contribution < 1.29 is 23.9 Å². The Hall–Kier alpha value is -2.95. The molecule has 0 unspecified atom stereocenters. The Morgan fingerprint density at radius 3 is 2.52 bits per heavy atom. The number of ether oxygens (including phenoxy) is 2. The van der Waals surface area contributed by atoms with Gasteiger partial charge in [0.25, 0.3) is 0 Å². The number of hydrogen-bond acceptors (Lipinski definition) is 5. The normalized spacial score (nSPS) is 14.1. The molecule has 0 N–H and O–H groups in total. The summed E-state index contributed by atoms with van der Waals surface area (Å²) in [4.78, 5) is 36.7. The molecule has 0 bridgehead atoms. The first-order chi connectivity index (χ1) is 12.1. The lowest BCUT2D eigenvalue weighted by molar-refractivity contribution is -0.142. The number of allylic oxidation sites excluding steroid dienone is 4. The van der Waals surface area contributed by atoms with Gasteiger partial charge in [0.1, 0.15) is 0 Å². The van der Waals surface area contributed by atoms with Crippen molar-refractivity contribution in [1.82, 2.24) is 0 Å². The fraction of sp³-hybridized carbons (Fsp3) is 0.250. The van der Waals surface area contributed by atoms with Gasteiger partial charge in [0.15, 0.2) is 11.6 Å². The molecule has 2 rings (SSSR count). The summed E-state index contributed by atoms with van der Waals surface area (Å²) in [5, 5.41) is 0. The average molecular weight is 340 g/mol. The summed E-state index contributed by atoms with van der Waals surface area (Å²) >= 11 is 0. The fourth-order valence-corrected chi connectivity index (χ4v) is 2.38. The Labute approximate surface area is 146 Å². The third-order valence-electron chi connectivity index (χ3n) is 3.52. The van der Waals surface area contributed by atoms with Crippen molar-refractivity contribution in [2.75, 3.05) is 13.2 Å². The second kappa shape index (κ2) is 8.78. The molecule has 0 heterocycles. The van der Waals surface area contributed by atoms with E-state index in [9.17, 15) is 14.4 Å². The van der Waals surface area contributed by atoms with Crippen LogP contribution in [0.1, 0.15) is 36.2 Å². The van der Waals surface area contributed by atoms with E-state index in [0.717, 1.165) is 0 Å². The smallest absolute Gasteiger partial charge is 0.373 e. The second-order valence-corrected chi connectivity index (χ2v) is 5.21. The van der Waals surface area contributed by atoms with Crippen molar-refractivity contribution in [1.29, 1.82) is 0 Å². The Morgan fingerprint density at radius 2 is 1.84 bits per heavy atom. The average Bonchev–Trinajstić information content (AvgIpc) is 2.62. The van der Waals surface area contributed by atoms with Crippen LogP contribution < -0.4 is 0 Å². The summed E-state index contributed by atoms with van der Waals surface area (Å²) in [6, 6.07) is 6.76. The third-order valence-corrected chi connectivity index (χ3v) is 3.52. The van der Waals surface area contributed by atoms with Gasteiger partial charge in [-0.1, -0.05) is 36.4 Å². The molecule has 5 nitrogen and oxygen atoms in total. The van der Waals surface area contributed by atoms with Crippen LogP contribution >= 0.6 is 0 Å². The van der Waals surface area contributed by atoms with E-state index in [1.54, 1.807) is 50.3 Å². The van der Waals surface area contributed by atoms with Crippen LogP contribution in [-0.2, 0) is 19.1 Å². The summed E-state index contributed by atoms with van der Waals surface area (Å²) in [7, 11) is 0. The van der Waals surface area contributed by atoms with Gasteiger partial charge in [-0.15, -0.1) is 0 Å². The molecule has 0 aromatic heterocycles. The minimum absolute atomic E-state index is 0.0217. The molecule has 0 saturated heterocycles. The van der Waals surface area contributed by atoms with Crippen LogP contribution in [-0.4, -0.2) is 30.7 Å². The van der Waals surface area contributed by atoms with Crippen LogP contribution in [0.3, 0.4) is 0 Å². The zero-order valence-corrected chi connectivity index (χ0v) is 14.3. The molecule has 1 aliphatic carbocycles. The maximum absolute atomic E-state index is 12.8. The van der Waals surface area contributed by atoms with E-state index in [-0.39, 0.29) is 42.5 Å². The van der Waals surface area contributed by atoms with E-state index in [1.165, 1.54) is 12.2 Å². The molecule has 1 aromatic rings. The van der Waals surface area contributed by atoms with Crippen molar-refractivity contribution in [2.45, 2.75) is 20.3 Å². The first-order valence-electron chi connectivity index (χ1n) is 8.13. The Balaban J connectivity index is 2.43. The minimum atomic E-state index is -0.595. The van der Waals surface area contributed by atoms with Gasteiger partial charge in [-0.2, -0.15) is 0 Å². The van der Waals surface area contributed by atoms with Gasteiger partial charge in [-0.25, -0.2) is 4.79 Å². The Morgan fingerprint density at radius 1 is 1.12 bits per heavy atom. The molecule has 0 fully saturated rings. The zero-order valence-electron chi connectivity index (χ0n) is 14.3. The SMILES string of the molecule is CCOC(=O)C(=Cc1ccccc1C(=O)C1=CC=CCC1=O)OCC. The van der Waals surface area contributed by atoms with Gasteiger partial charge < -0.3 is 9.47 Å². The fourth-order valence-electron chi connectivity index (χ4n) is 2.38. The predicted molar refractivity (Wildman–Crippen MR) is 93.9 cm³/mol. The summed E-state index contributed by atoms with van der Waals surface area (Å²) in [5.74, 6) is -1.17. The van der Waals surface area contributed by atoms with Crippen LogP contribution in [0.4, 0.5) is 0 Å². The molecule has 1 aliphatic rings. The molecule has 25 heavy (non-hydrogen) atoms. The highest BCUT2D eigenvalue weighted by molar-refractivity contribution is 6.28. The largest absolute Gasteiger partial charge is 0.487 e. The summed E-state index contributed by atoms with van der Waals surface area (Å²) in [6.45, 7) is 3.96. The Bertz CT molecular complexity index is 768. The molecule has 130 valence electrons. The highest BCUT2D eigenvalue weighted by Crippen LogP contribution is 2.21. The number of carbonyl (C=O) groups excluding carboxylic acids is 3. The molecular weight excluding hydrogens is 320 g/mol. The molecule has 0 radical (unpaired) electrons. The molecule has 5 heteroatoms. The van der Waals surface area contributed by atoms with Crippen LogP contribution in [0.5, 0.6) is 0 Å². The molecule has 0 spiro atoms. The van der Waals surface area contributed by atoms with Gasteiger partial charge in [-0.3, -0.25) is 9.59 Å². The van der Waals surface area contributed by atoms with Gasteiger partial charge in [0, 0.05) is 12.0 Å². The standard InChI is InChI=1S/C20H20O5/c1-3-24-18(20(23)25-4-2)13-14-9-5-6-10-15(14)19(22)16-11-7-8-12-17(16)21/h5-11,13H,3-4,12H2,1-2H3. The second-order valence-electron chi connectivity index (χ2n) is 5.21. The quantitative estimate of drug-likeness (QED) is 0.250. The molecule has 0 saturated carbocycles. The van der Waals surface area contributed by atoms with Crippen molar-refractivity contribution in [3.8, 4) is 0 Å². The third kappa shape index (κ3) is 4.53. The highest BCUT2D eigenvalue weighted by atomic mass is 16.6. The first-order valence-corrected chi connectivity index (χ1v) is 8.13. The topological polar surface area (TPSA) is 69.7 Å². The van der Waals surface area contributed by atoms with E-state index < -0.39 is 5.97 Å². The van der Waals surface area contributed by atoms with Gasteiger partial charge in [-0.05, 0) is 31.6 Å². The number of Topliss-reactive ketones (excluding diaryl/α,β-unsaturated/α-hetero) is 2. The van der Waals surface area contributed by atoms with Gasteiger partial charge in [0.05, 0.1) is 18.8 Å². The van der Waals surface area contributed by atoms with E-state index in [2.05, 4.69) is 0 Å². The van der Waals surface area contributed by atoms with Crippen LogP contribution in [0.15, 0.2) is 53.8 Å². The van der Waals surface area contributed by atoms with E-state index in [0.29, 0.717) is 11.1 Å². The number of rotatable bonds is 7. The lowest BCUT2D eigenvalue weighted by Gasteiger charge is -2.11. The monoisotopic (exact) mass is 340 g/mol. The molecular formula is C20H20O5. The molecule has 0 aliphatic heterocycles. The maximum Gasteiger partial charge on any atom is 0.373 e. The number of carbonyl (C=O) groups is 3. The highest BCUT2D eigenvalue weighted by Gasteiger charge is 2.22. The summed E-state index contributed by atoms with van der Waals surface area (Å²) < 4.78 is 10.3. The molecule has 0 amide bonds. The van der Waals surface area contributed by atoms with Crippen molar-refractivity contribution >= 4 is 23.6 Å². The van der Waals surface area contributed by atoms with Crippen molar-refractivity contribution in [2.24, 2.45) is 0 Å². The van der Waals surface area contributed by atoms with Crippen molar-refractivity contribution in [3.63, 3.8) is 0 Å². The Kier molecular flexibility index (Phi) is 6.46. The summed E-state index contributed by atoms with van der Waals surface area (Å²) in [6.07, 6.45) is 6.60. The van der Waals surface area contributed by atoms with E-state index in [1.807, 2.05) is 0 Å². The van der Waals surface area contributed by atoms with Gasteiger partial charge >= 0.3 is 5.97 Å². The lowest BCUT2D eigenvalue weighted by Crippen LogP contribution is -2.16. The van der Waals surface area contributed by atoms with Crippen LogP contribution in [0.25, 0.3) is 6.08 Å². The number of ketones is 2. The van der Waals surface area contributed by atoms with Gasteiger partial charge in [0.2, 0.25) is 5.76 Å². The van der Waals surface area contributed by atoms with E-state index in [4.69, 9.17) is 9.47 Å².